The highest BCUT2D eigenvalue weighted by atomic mass is 35.5. The molecule has 20 heavy (non-hydrogen) atoms. The summed E-state index contributed by atoms with van der Waals surface area (Å²) < 4.78 is 0.741. The third-order valence-corrected chi connectivity index (χ3v) is 4.00. The van der Waals surface area contributed by atoms with Gasteiger partial charge in [-0.25, -0.2) is 9.78 Å². The van der Waals surface area contributed by atoms with Crippen LogP contribution >= 0.6 is 22.9 Å². The van der Waals surface area contributed by atoms with Crippen LogP contribution in [-0.2, 0) is 0 Å². The van der Waals surface area contributed by atoms with Crippen molar-refractivity contribution in [1.82, 2.24) is 9.97 Å². The highest BCUT2D eigenvalue weighted by molar-refractivity contribution is 7.18. The van der Waals surface area contributed by atoms with Gasteiger partial charge in [-0.3, -0.25) is 0 Å². The molecule has 0 saturated heterocycles. The molecule has 0 radical (unpaired) electrons. The number of carbonyl (C=O) groups is 1. The minimum Gasteiger partial charge on any atom is -0.478 e. The van der Waals surface area contributed by atoms with Crippen molar-refractivity contribution in [1.29, 1.82) is 0 Å². The van der Waals surface area contributed by atoms with Gasteiger partial charge in [0.05, 0.1) is 15.8 Å². The molecule has 7 heteroatoms. The number of carboxylic acids is 1. The fourth-order valence-corrected chi connectivity index (χ4v) is 3.03. The lowest BCUT2D eigenvalue weighted by atomic mass is 10.0. The topological polar surface area (TPSA) is 89.1 Å². The zero-order chi connectivity index (χ0) is 14.3. The molecule has 100 valence electrons. The number of nitrogen functional groups attached to an aromatic ring is 1. The van der Waals surface area contributed by atoms with Crippen molar-refractivity contribution < 1.29 is 9.90 Å². The average molecular weight is 306 g/mol. The Morgan fingerprint density at radius 2 is 2.15 bits per heavy atom. The van der Waals surface area contributed by atoms with Crippen molar-refractivity contribution in [2.75, 3.05) is 5.73 Å². The van der Waals surface area contributed by atoms with E-state index in [1.165, 1.54) is 17.4 Å². The zero-order valence-electron chi connectivity index (χ0n) is 10.0. The summed E-state index contributed by atoms with van der Waals surface area (Å²) in [4.78, 5) is 19.1. The molecule has 0 spiro atoms. The van der Waals surface area contributed by atoms with Crippen LogP contribution < -0.4 is 5.73 Å². The number of aromatic carboxylic acids is 1. The highest BCUT2D eigenvalue weighted by Gasteiger charge is 2.13. The number of nitrogens with two attached hydrogens (primary N) is 1. The van der Waals surface area contributed by atoms with Crippen molar-refractivity contribution in [2.24, 2.45) is 0 Å². The van der Waals surface area contributed by atoms with Crippen molar-refractivity contribution in [3.8, 4) is 11.1 Å². The lowest BCUT2D eigenvalue weighted by Gasteiger charge is -2.02. The first-order chi connectivity index (χ1) is 9.56. The van der Waals surface area contributed by atoms with Crippen LogP contribution in [0, 0.1) is 0 Å². The normalized spacial score (nSPS) is 10.8. The number of hydrogen-bond acceptors (Lipinski definition) is 5. The summed E-state index contributed by atoms with van der Waals surface area (Å²) in [6.45, 7) is 0. The van der Waals surface area contributed by atoms with E-state index in [9.17, 15) is 4.79 Å². The first-order valence-corrected chi connectivity index (χ1v) is 6.86. The second-order valence-electron chi connectivity index (χ2n) is 4.09. The summed E-state index contributed by atoms with van der Waals surface area (Å²) in [6, 6.07) is 6.64. The van der Waals surface area contributed by atoms with Gasteiger partial charge in [-0.05, 0) is 29.3 Å². The van der Waals surface area contributed by atoms with Gasteiger partial charge in [0, 0.05) is 10.9 Å². The van der Waals surface area contributed by atoms with Crippen molar-refractivity contribution in [3.05, 3.63) is 40.5 Å². The first-order valence-electron chi connectivity index (χ1n) is 5.60. The summed E-state index contributed by atoms with van der Waals surface area (Å²) in [7, 11) is 0. The molecule has 0 atom stereocenters. The number of benzene rings is 1. The fourth-order valence-electron chi connectivity index (χ4n) is 1.94. The van der Waals surface area contributed by atoms with Crippen LogP contribution in [0.3, 0.4) is 0 Å². The summed E-state index contributed by atoms with van der Waals surface area (Å²) in [5, 5.41) is 11.0. The number of carboxylic acid groups (broad SMARTS) is 1. The Hall–Kier alpha value is -2.18. The maximum Gasteiger partial charge on any atom is 0.335 e. The number of rotatable bonds is 2. The summed E-state index contributed by atoms with van der Waals surface area (Å²) in [6.07, 6.45) is 0. The van der Waals surface area contributed by atoms with Crippen LogP contribution in [0.1, 0.15) is 10.4 Å². The molecule has 1 aromatic carbocycles. The average Bonchev–Trinajstić information content (AvgIpc) is 2.82. The van der Waals surface area contributed by atoms with Crippen molar-refractivity contribution >= 4 is 44.9 Å². The maximum atomic E-state index is 11.0. The molecular weight excluding hydrogens is 298 g/mol. The Kier molecular flexibility index (Phi) is 3.04. The van der Waals surface area contributed by atoms with Crippen LogP contribution in [0.4, 0.5) is 5.82 Å². The third-order valence-electron chi connectivity index (χ3n) is 2.83. The van der Waals surface area contributed by atoms with E-state index in [1.54, 1.807) is 12.1 Å². The predicted molar refractivity (Wildman–Crippen MR) is 79.2 cm³/mol. The fraction of sp³-hybridized carbons (Fsp3) is 0. The lowest BCUT2D eigenvalue weighted by molar-refractivity contribution is 0.0697. The van der Waals surface area contributed by atoms with Gasteiger partial charge in [0.2, 0.25) is 5.28 Å². The molecule has 0 aliphatic carbocycles. The van der Waals surface area contributed by atoms with E-state index in [4.69, 9.17) is 22.4 Å². The van der Waals surface area contributed by atoms with Crippen LogP contribution in [0.15, 0.2) is 29.6 Å². The van der Waals surface area contributed by atoms with E-state index in [-0.39, 0.29) is 10.8 Å². The number of thiophene rings is 1. The molecular formula is C13H8ClN3O2S. The van der Waals surface area contributed by atoms with E-state index in [0.717, 1.165) is 15.8 Å². The monoisotopic (exact) mass is 305 g/mol. The third kappa shape index (κ3) is 2.09. The Balaban J connectivity index is 2.25. The number of aromatic nitrogens is 2. The zero-order valence-corrected chi connectivity index (χ0v) is 11.6. The number of fused-ring (bicyclic) bond motifs is 1. The molecule has 3 N–H and O–H groups in total. The van der Waals surface area contributed by atoms with Crippen LogP contribution in [0.5, 0.6) is 0 Å². The molecule has 3 rings (SSSR count). The molecule has 0 fully saturated rings. The van der Waals surface area contributed by atoms with Crippen LogP contribution in [0.2, 0.25) is 5.28 Å². The van der Waals surface area contributed by atoms with Gasteiger partial charge in [-0.1, -0.05) is 12.1 Å². The summed E-state index contributed by atoms with van der Waals surface area (Å²) in [5.74, 6) is -0.649. The summed E-state index contributed by atoms with van der Waals surface area (Å²) >= 11 is 7.23. The summed E-state index contributed by atoms with van der Waals surface area (Å²) in [5.41, 5.74) is 8.21. The van der Waals surface area contributed by atoms with E-state index in [1.807, 2.05) is 11.4 Å². The molecule has 0 aliphatic rings. The SMILES string of the molecule is Nc1nc(Cl)nc2c(-c3cccc(C(=O)O)c3)csc12. The minimum absolute atomic E-state index is 0.0732. The highest BCUT2D eigenvalue weighted by Crippen LogP contribution is 2.35. The van der Waals surface area contributed by atoms with Gasteiger partial charge in [0.15, 0.2) is 0 Å². The Bertz CT molecular complexity index is 832. The number of hydrogen-bond donors (Lipinski definition) is 2. The number of halogens is 1. The Morgan fingerprint density at radius 3 is 2.90 bits per heavy atom. The second-order valence-corrected chi connectivity index (χ2v) is 5.31. The number of anilines is 1. The molecule has 2 aromatic heterocycles. The largest absolute Gasteiger partial charge is 0.478 e. The molecule has 5 nitrogen and oxygen atoms in total. The predicted octanol–water partition coefficient (Wildman–Crippen LogP) is 3.29. The Labute approximate surface area is 122 Å². The maximum absolute atomic E-state index is 11.0. The molecule has 3 aromatic rings. The van der Waals surface area contributed by atoms with Crippen molar-refractivity contribution in [2.45, 2.75) is 0 Å². The molecule has 0 aliphatic heterocycles. The van der Waals surface area contributed by atoms with Crippen molar-refractivity contribution in [3.63, 3.8) is 0 Å². The first kappa shape index (κ1) is 12.8. The molecule has 0 amide bonds. The van der Waals surface area contributed by atoms with E-state index in [0.29, 0.717) is 11.3 Å². The van der Waals surface area contributed by atoms with Gasteiger partial charge in [0.25, 0.3) is 0 Å². The second kappa shape index (κ2) is 4.73. The number of nitrogens with zero attached hydrogens (tertiary/aromatic N) is 2. The lowest BCUT2D eigenvalue weighted by Crippen LogP contribution is -1.96. The smallest absolute Gasteiger partial charge is 0.335 e. The molecule has 0 unspecified atom stereocenters. The van der Waals surface area contributed by atoms with Gasteiger partial charge in [-0.15, -0.1) is 11.3 Å². The van der Waals surface area contributed by atoms with Gasteiger partial charge >= 0.3 is 5.97 Å². The quantitative estimate of drug-likeness (QED) is 0.709. The van der Waals surface area contributed by atoms with E-state index >= 15 is 0 Å². The van der Waals surface area contributed by atoms with E-state index < -0.39 is 5.97 Å². The molecule has 0 saturated carbocycles. The van der Waals surface area contributed by atoms with Gasteiger partial charge in [0.1, 0.15) is 5.82 Å². The van der Waals surface area contributed by atoms with E-state index in [2.05, 4.69) is 9.97 Å². The standard InChI is InChI=1S/C13H8ClN3O2S/c14-13-16-9-8(5-20-10(9)11(15)17-13)6-2-1-3-7(4-6)12(18)19/h1-5H,(H,18,19)(H2,15,16,17). The van der Waals surface area contributed by atoms with Crippen LogP contribution in [-0.4, -0.2) is 21.0 Å². The molecule has 0 bridgehead atoms. The minimum atomic E-state index is -0.974. The Morgan fingerprint density at radius 1 is 1.35 bits per heavy atom. The van der Waals surface area contributed by atoms with Crippen LogP contribution in [0.25, 0.3) is 21.3 Å². The molecule has 2 heterocycles. The van der Waals surface area contributed by atoms with Gasteiger partial charge < -0.3 is 10.8 Å². The van der Waals surface area contributed by atoms with Gasteiger partial charge in [-0.2, -0.15) is 4.98 Å².